The van der Waals surface area contributed by atoms with Crippen LogP contribution in [0.1, 0.15) is 32.1 Å². The molecule has 1 aliphatic heterocycles. The third-order valence-electron chi connectivity index (χ3n) is 3.07. The number of hydrogen-bond acceptors (Lipinski definition) is 0. The predicted molar refractivity (Wildman–Crippen MR) is 37.2 cm³/mol. The van der Waals surface area contributed by atoms with Crippen LogP contribution in [0.3, 0.4) is 0 Å². The molecule has 1 saturated carbocycles. The van der Waals surface area contributed by atoms with Crippen molar-refractivity contribution in [3.63, 3.8) is 0 Å². The normalized spacial score (nSPS) is 32.0. The van der Waals surface area contributed by atoms with Gasteiger partial charge in [0.15, 0.2) is 0 Å². The Morgan fingerprint density at radius 1 is 0.889 bits per heavy atom. The molecule has 1 heteroatoms. The summed E-state index contributed by atoms with van der Waals surface area (Å²) in [4.78, 5) is 0. The van der Waals surface area contributed by atoms with Gasteiger partial charge in [-0.25, -0.2) is 0 Å². The lowest BCUT2D eigenvalue weighted by molar-refractivity contribution is -0.743. The lowest BCUT2D eigenvalue weighted by Gasteiger charge is -2.41. The zero-order chi connectivity index (χ0) is 6.16. The van der Waals surface area contributed by atoms with E-state index in [4.69, 9.17) is 0 Å². The van der Waals surface area contributed by atoms with Crippen LogP contribution >= 0.6 is 0 Å². The first-order valence-electron chi connectivity index (χ1n) is 4.23. The van der Waals surface area contributed by atoms with Crippen molar-refractivity contribution in [3.05, 3.63) is 0 Å². The standard InChI is InChI=1S/C8H15N/c1-2-4-8(5-3-1)6-9-7-8/h9H,1-7H2/p+1. The molecule has 0 bridgehead atoms. The molecule has 2 N–H and O–H groups in total. The van der Waals surface area contributed by atoms with Crippen molar-refractivity contribution in [2.24, 2.45) is 5.41 Å². The molecule has 0 unspecified atom stereocenters. The average molecular weight is 126 g/mol. The highest BCUT2D eigenvalue weighted by molar-refractivity contribution is 4.84. The van der Waals surface area contributed by atoms with E-state index in [1.165, 1.54) is 45.2 Å². The first-order chi connectivity index (χ1) is 4.41. The van der Waals surface area contributed by atoms with Gasteiger partial charge in [-0.3, -0.25) is 0 Å². The van der Waals surface area contributed by atoms with Gasteiger partial charge in [-0.1, -0.05) is 19.3 Å². The maximum atomic E-state index is 2.45. The third-order valence-corrected chi connectivity index (χ3v) is 3.07. The fourth-order valence-corrected chi connectivity index (χ4v) is 2.26. The molecule has 0 atom stereocenters. The number of quaternary nitrogens is 1. The van der Waals surface area contributed by atoms with Crippen molar-refractivity contribution in [1.82, 2.24) is 0 Å². The predicted octanol–water partition coefficient (Wildman–Crippen LogP) is 0.514. The molecule has 0 aromatic carbocycles. The lowest BCUT2D eigenvalue weighted by atomic mass is 9.70. The molecule has 9 heavy (non-hydrogen) atoms. The molecule has 52 valence electrons. The van der Waals surface area contributed by atoms with Gasteiger partial charge < -0.3 is 5.32 Å². The van der Waals surface area contributed by atoms with Crippen molar-refractivity contribution < 1.29 is 5.32 Å². The van der Waals surface area contributed by atoms with Gasteiger partial charge in [-0.2, -0.15) is 0 Å². The minimum atomic E-state index is 0.845. The molecule has 2 aliphatic rings. The molecule has 1 saturated heterocycles. The van der Waals surface area contributed by atoms with Crippen LogP contribution in [0.2, 0.25) is 0 Å². The Labute approximate surface area is 56.8 Å². The number of hydrogen-bond donors (Lipinski definition) is 1. The van der Waals surface area contributed by atoms with Crippen molar-refractivity contribution in [1.29, 1.82) is 0 Å². The van der Waals surface area contributed by atoms with Crippen LogP contribution < -0.4 is 5.32 Å². The van der Waals surface area contributed by atoms with Crippen molar-refractivity contribution in [3.8, 4) is 0 Å². The second-order valence-corrected chi connectivity index (χ2v) is 3.76. The van der Waals surface area contributed by atoms with E-state index >= 15 is 0 Å². The van der Waals surface area contributed by atoms with Gasteiger partial charge >= 0.3 is 0 Å². The van der Waals surface area contributed by atoms with Crippen LogP contribution in [0, 0.1) is 5.41 Å². The Hall–Kier alpha value is -0.0400. The van der Waals surface area contributed by atoms with Crippen LogP contribution in [-0.2, 0) is 0 Å². The summed E-state index contributed by atoms with van der Waals surface area (Å²) >= 11 is 0. The van der Waals surface area contributed by atoms with Crippen molar-refractivity contribution in [2.75, 3.05) is 13.1 Å². The molecule has 0 radical (unpaired) electrons. The highest BCUT2D eigenvalue weighted by atomic mass is 15.0. The Morgan fingerprint density at radius 3 is 1.89 bits per heavy atom. The van der Waals surface area contributed by atoms with Crippen molar-refractivity contribution in [2.45, 2.75) is 32.1 Å². The van der Waals surface area contributed by atoms with E-state index < -0.39 is 0 Å². The summed E-state index contributed by atoms with van der Waals surface area (Å²) in [6, 6.07) is 0. The molecule has 1 heterocycles. The van der Waals surface area contributed by atoms with Crippen LogP contribution in [0.25, 0.3) is 0 Å². The Kier molecular flexibility index (Phi) is 1.26. The maximum Gasteiger partial charge on any atom is 0.0867 e. The van der Waals surface area contributed by atoms with Gasteiger partial charge in [0.2, 0.25) is 0 Å². The highest BCUT2D eigenvalue weighted by Crippen LogP contribution is 2.35. The molecular formula is C8H16N+. The Bertz CT molecular complexity index is 97.1. The van der Waals surface area contributed by atoms with Crippen molar-refractivity contribution >= 4 is 0 Å². The van der Waals surface area contributed by atoms with Gasteiger partial charge in [0.1, 0.15) is 0 Å². The zero-order valence-electron chi connectivity index (χ0n) is 6.03. The van der Waals surface area contributed by atoms with E-state index in [2.05, 4.69) is 5.32 Å². The van der Waals surface area contributed by atoms with E-state index in [0.717, 1.165) is 5.41 Å². The average Bonchev–Trinajstić information content (AvgIpc) is 1.87. The summed E-state index contributed by atoms with van der Waals surface area (Å²) in [5.41, 5.74) is 0.845. The quantitative estimate of drug-likeness (QED) is 0.487. The number of nitrogens with two attached hydrogens (primary N) is 1. The third kappa shape index (κ3) is 0.877. The van der Waals surface area contributed by atoms with E-state index in [1.807, 2.05) is 0 Å². The van der Waals surface area contributed by atoms with Crippen LogP contribution in [0.5, 0.6) is 0 Å². The highest BCUT2D eigenvalue weighted by Gasteiger charge is 2.41. The van der Waals surface area contributed by atoms with E-state index in [9.17, 15) is 0 Å². The Balaban J connectivity index is 1.93. The Morgan fingerprint density at radius 2 is 1.56 bits per heavy atom. The van der Waals surface area contributed by atoms with Crippen LogP contribution in [0.15, 0.2) is 0 Å². The molecule has 1 aliphatic carbocycles. The minimum absolute atomic E-state index is 0.845. The molecule has 0 amide bonds. The fraction of sp³-hybridized carbons (Fsp3) is 1.00. The first-order valence-corrected chi connectivity index (χ1v) is 4.23. The molecule has 2 rings (SSSR count). The summed E-state index contributed by atoms with van der Waals surface area (Å²) in [6.07, 6.45) is 7.58. The van der Waals surface area contributed by atoms with Gasteiger partial charge in [-0.05, 0) is 12.8 Å². The summed E-state index contributed by atoms with van der Waals surface area (Å²) in [7, 11) is 0. The summed E-state index contributed by atoms with van der Waals surface area (Å²) in [5, 5.41) is 2.45. The maximum absolute atomic E-state index is 2.45. The molecule has 1 spiro atoms. The van der Waals surface area contributed by atoms with E-state index in [0.29, 0.717) is 0 Å². The topological polar surface area (TPSA) is 16.6 Å². The van der Waals surface area contributed by atoms with Crippen LogP contribution in [-0.4, -0.2) is 13.1 Å². The van der Waals surface area contributed by atoms with E-state index in [-0.39, 0.29) is 0 Å². The van der Waals surface area contributed by atoms with Gasteiger partial charge in [0.25, 0.3) is 0 Å². The van der Waals surface area contributed by atoms with E-state index in [1.54, 1.807) is 0 Å². The zero-order valence-corrected chi connectivity index (χ0v) is 6.03. The SMILES string of the molecule is C1CCC2(CC1)C[NH2+]C2. The largest absolute Gasteiger partial charge is 0.345 e. The minimum Gasteiger partial charge on any atom is -0.345 e. The van der Waals surface area contributed by atoms with Gasteiger partial charge in [-0.15, -0.1) is 0 Å². The molecule has 1 nitrogen and oxygen atoms in total. The summed E-state index contributed by atoms with van der Waals surface area (Å²) in [6.45, 7) is 2.88. The molecule has 2 fully saturated rings. The second kappa shape index (κ2) is 1.98. The molecule has 0 aromatic heterocycles. The summed E-state index contributed by atoms with van der Waals surface area (Å²) in [5.74, 6) is 0. The molecular weight excluding hydrogens is 110 g/mol. The fourth-order valence-electron chi connectivity index (χ4n) is 2.26. The summed E-state index contributed by atoms with van der Waals surface area (Å²) < 4.78 is 0. The van der Waals surface area contributed by atoms with Crippen LogP contribution in [0.4, 0.5) is 0 Å². The van der Waals surface area contributed by atoms with Gasteiger partial charge in [0.05, 0.1) is 18.5 Å². The second-order valence-electron chi connectivity index (χ2n) is 3.76. The molecule has 0 aromatic rings. The lowest BCUT2D eigenvalue weighted by Crippen LogP contribution is -3.00. The smallest absolute Gasteiger partial charge is 0.0867 e. The first kappa shape index (κ1) is 5.72. The number of rotatable bonds is 0. The monoisotopic (exact) mass is 126 g/mol. The van der Waals surface area contributed by atoms with Gasteiger partial charge in [0, 0.05) is 0 Å².